The van der Waals surface area contributed by atoms with Crippen LogP contribution in [0.15, 0.2) is 48.5 Å². The molecular weight excluding hydrogens is 440 g/mol. The number of alkyl halides is 3. The van der Waals surface area contributed by atoms with E-state index in [1.165, 1.54) is 5.56 Å². The molecule has 0 bridgehead atoms. The highest BCUT2D eigenvalue weighted by molar-refractivity contribution is 6.53. The minimum atomic E-state index is -1.32. The van der Waals surface area contributed by atoms with Gasteiger partial charge in [0.2, 0.25) is 0 Å². The lowest BCUT2D eigenvalue weighted by Crippen LogP contribution is -2.49. The number of rotatable bonds is 10. The van der Waals surface area contributed by atoms with Gasteiger partial charge in [-0.2, -0.15) is 0 Å². The fourth-order valence-electron chi connectivity index (χ4n) is 3.84. The molecule has 1 aliphatic rings. The number of aliphatic hydroxyl groups excluding tert-OH is 1. The van der Waals surface area contributed by atoms with Crippen LogP contribution >= 0.6 is 23.2 Å². The number of aliphatic hydroxyl groups is 1. The first-order valence-electron chi connectivity index (χ1n) is 10.3. The quantitative estimate of drug-likeness (QED) is 0.469. The van der Waals surface area contributed by atoms with E-state index in [2.05, 4.69) is 39.8 Å². The molecule has 2 aromatic carbocycles. The molecule has 0 spiro atoms. The molecule has 168 valence electrons. The third-order valence-corrected chi connectivity index (χ3v) is 5.94. The van der Waals surface area contributed by atoms with Crippen molar-refractivity contribution < 1.29 is 14.3 Å². The number of hydrogen-bond acceptors (Lipinski definition) is 4. The number of carbonyl (C=O) groups excluding carboxylic acids is 1. The fraction of sp³-hybridized carbons (Fsp3) is 0.435. The average molecular weight is 468 g/mol. The van der Waals surface area contributed by atoms with E-state index in [4.69, 9.17) is 23.2 Å². The monoisotopic (exact) mass is 467 g/mol. The van der Waals surface area contributed by atoms with E-state index in [1.807, 2.05) is 19.2 Å². The molecule has 1 fully saturated rings. The Labute approximate surface area is 192 Å². The molecule has 8 heteroatoms. The molecule has 0 aliphatic carbocycles. The normalized spacial score (nSPS) is 16.7. The van der Waals surface area contributed by atoms with Gasteiger partial charge in [0.25, 0.3) is 5.91 Å². The van der Waals surface area contributed by atoms with Crippen LogP contribution in [0.3, 0.4) is 0 Å². The molecular formula is C23H28Cl2FN3O2. The number of hydrogen-bond donors (Lipinski definition) is 3. The second kappa shape index (κ2) is 11.2. The van der Waals surface area contributed by atoms with Gasteiger partial charge in [0.1, 0.15) is 12.8 Å². The smallest absolute Gasteiger partial charge is 0.253 e. The number of halogens is 3. The summed E-state index contributed by atoms with van der Waals surface area (Å²) in [7, 11) is 1.99. The largest absolute Gasteiger partial charge is 0.386 e. The minimum Gasteiger partial charge on any atom is -0.386 e. The van der Waals surface area contributed by atoms with Crippen molar-refractivity contribution in [3.8, 4) is 11.1 Å². The van der Waals surface area contributed by atoms with Crippen LogP contribution in [0.2, 0.25) is 0 Å². The van der Waals surface area contributed by atoms with Gasteiger partial charge in [-0.05, 0) is 35.2 Å². The average Bonchev–Trinajstić information content (AvgIpc) is 2.76. The predicted molar refractivity (Wildman–Crippen MR) is 123 cm³/mol. The fourth-order valence-corrected chi connectivity index (χ4v) is 3.96. The van der Waals surface area contributed by atoms with Crippen LogP contribution in [-0.4, -0.2) is 60.1 Å². The first-order chi connectivity index (χ1) is 14.9. The van der Waals surface area contributed by atoms with E-state index in [1.54, 1.807) is 12.1 Å². The van der Waals surface area contributed by atoms with E-state index in [-0.39, 0.29) is 0 Å². The van der Waals surface area contributed by atoms with Crippen LogP contribution in [0.4, 0.5) is 4.39 Å². The van der Waals surface area contributed by atoms with E-state index < -0.39 is 29.6 Å². The third-order valence-electron chi connectivity index (χ3n) is 5.54. The second-order valence-corrected chi connectivity index (χ2v) is 9.05. The van der Waals surface area contributed by atoms with Gasteiger partial charge in [0.15, 0.2) is 4.84 Å². The molecule has 0 aromatic heterocycles. The Morgan fingerprint density at radius 1 is 1.13 bits per heavy atom. The summed E-state index contributed by atoms with van der Waals surface area (Å²) < 4.78 is 13.3. The Hall–Kier alpha value is -1.70. The van der Waals surface area contributed by atoms with Crippen molar-refractivity contribution in [1.82, 2.24) is 15.5 Å². The van der Waals surface area contributed by atoms with Crippen molar-refractivity contribution in [2.24, 2.45) is 5.92 Å². The van der Waals surface area contributed by atoms with Crippen LogP contribution in [0, 0.1) is 5.92 Å². The maximum Gasteiger partial charge on any atom is 0.253 e. The summed E-state index contributed by atoms with van der Waals surface area (Å²) in [4.78, 5) is 12.7. The molecule has 31 heavy (non-hydrogen) atoms. The summed E-state index contributed by atoms with van der Waals surface area (Å²) in [5.74, 6) is 0.00673. The zero-order valence-corrected chi connectivity index (χ0v) is 18.9. The highest BCUT2D eigenvalue weighted by Gasteiger charge is 2.26. The maximum atomic E-state index is 13.3. The first kappa shape index (κ1) is 24.0. The number of nitrogens with one attached hydrogen (secondary N) is 2. The van der Waals surface area contributed by atoms with Crippen LogP contribution in [0.1, 0.15) is 17.2 Å². The lowest BCUT2D eigenvalue weighted by atomic mass is 9.97. The Kier molecular flexibility index (Phi) is 8.69. The summed E-state index contributed by atoms with van der Waals surface area (Å²) >= 11 is 11.0. The zero-order valence-electron chi connectivity index (χ0n) is 17.4. The molecule has 0 unspecified atom stereocenters. The topological polar surface area (TPSA) is 64.6 Å². The van der Waals surface area contributed by atoms with Crippen molar-refractivity contribution in [2.75, 3.05) is 33.4 Å². The molecule has 1 heterocycles. The van der Waals surface area contributed by atoms with Crippen molar-refractivity contribution >= 4 is 29.1 Å². The molecule has 3 rings (SSSR count). The lowest BCUT2D eigenvalue weighted by molar-refractivity contribution is -0.121. The van der Waals surface area contributed by atoms with Crippen molar-refractivity contribution in [3.05, 3.63) is 59.7 Å². The predicted octanol–water partition coefficient (Wildman–Crippen LogP) is 3.30. The number of amides is 1. The summed E-state index contributed by atoms with van der Waals surface area (Å²) in [6.07, 6.45) is -1.21. The molecule has 3 N–H and O–H groups in total. The highest BCUT2D eigenvalue weighted by atomic mass is 35.5. The van der Waals surface area contributed by atoms with Gasteiger partial charge >= 0.3 is 0 Å². The van der Waals surface area contributed by atoms with Gasteiger partial charge in [0, 0.05) is 26.2 Å². The summed E-state index contributed by atoms with van der Waals surface area (Å²) in [6.45, 7) is 3.33. The number of likely N-dealkylation sites (tertiary alicyclic amines) is 1. The zero-order chi connectivity index (χ0) is 22.4. The minimum absolute atomic E-state index is 0.498. The molecule has 2 aromatic rings. The summed E-state index contributed by atoms with van der Waals surface area (Å²) in [6, 6.07) is 14.5. The van der Waals surface area contributed by atoms with Gasteiger partial charge < -0.3 is 15.7 Å². The van der Waals surface area contributed by atoms with E-state index >= 15 is 0 Å². The standard InChI is InChI=1S/C23H28Cl2FN3O2/c1-27-11-16-13-29(14-16)12-15-2-4-17(5-3-15)18-6-8-19(9-7-18)21(30)20(10-26)28-23(31)22(24)25/h2-9,16,20-22,27,30H,10-14H2,1H3,(H,28,31)/t20-,21-/m1/s1. The molecule has 1 saturated heterocycles. The Bertz CT molecular complexity index is 843. The van der Waals surface area contributed by atoms with Gasteiger partial charge in [-0.3, -0.25) is 9.69 Å². The first-order valence-corrected chi connectivity index (χ1v) is 11.2. The summed E-state index contributed by atoms with van der Waals surface area (Å²) in [5.41, 5.74) is 3.82. The Balaban J connectivity index is 1.58. The molecule has 1 aliphatic heterocycles. The van der Waals surface area contributed by atoms with E-state index in [0.717, 1.165) is 43.2 Å². The molecule has 0 saturated carbocycles. The molecule has 5 nitrogen and oxygen atoms in total. The summed E-state index contributed by atoms with van der Waals surface area (Å²) in [5, 5.41) is 16.0. The Morgan fingerprint density at radius 3 is 2.23 bits per heavy atom. The van der Waals surface area contributed by atoms with E-state index in [0.29, 0.717) is 5.56 Å². The van der Waals surface area contributed by atoms with Crippen molar-refractivity contribution in [2.45, 2.75) is 23.5 Å². The van der Waals surface area contributed by atoms with Gasteiger partial charge in [-0.25, -0.2) is 4.39 Å². The van der Waals surface area contributed by atoms with Crippen LogP contribution < -0.4 is 10.6 Å². The van der Waals surface area contributed by atoms with Gasteiger partial charge in [-0.15, -0.1) is 0 Å². The lowest BCUT2D eigenvalue weighted by Gasteiger charge is -2.39. The maximum absolute atomic E-state index is 13.3. The third kappa shape index (κ3) is 6.40. The van der Waals surface area contributed by atoms with Gasteiger partial charge in [-0.1, -0.05) is 71.7 Å². The Morgan fingerprint density at radius 2 is 1.71 bits per heavy atom. The molecule has 0 radical (unpaired) electrons. The number of benzene rings is 2. The SMILES string of the molecule is CNCC1CN(Cc2ccc(-c3ccc([C@@H](O)[C@@H](CF)NC(=O)C(Cl)Cl)cc3)cc2)C1. The number of nitrogens with zero attached hydrogens (tertiary/aromatic N) is 1. The van der Waals surface area contributed by atoms with Crippen molar-refractivity contribution in [3.63, 3.8) is 0 Å². The number of carbonyl (C=O) groups is 1. The second-order valence-electron chi connectivity index (χ2n) is 7.95. The van der Waals surface area contributed by atoms with Crippen LogP contribution in [0.5, 0.6) is 0 Å². The van der Waals surface area contributed by atoms with Gasteiger partial charge in [0.05, 0.1) is 6.04 Å². The van der Waals surface area contributed by atoms with Crippen LogP contribution in [0.25, 0.3) is 11.1 Å². The molecule has 1 amide bonds. The van der Waals surface area contributed by atoms with E-state index in [9.17, 15) is 14.3 Å². The van der Waals surface area contributed by atoms with Crippen LogP contribution in [-0.2, 0) is 11.3 Å². The molecule has 2 atom stereocenters. The van der Waals surface area contributed by atoms with Crippen molar-refractivity contribution in [1.29, 1.82) is 0 Å². The highest BCUT2D eigenvalue weighted by Crippen LogP contribution is 2.25.